The maximum absolute atomic E-state index is 11.6. The highest BCUT2D eigenvalue weighted by molar-refractivity contribution is 6.21. The Morgan fingerprint density at radius 1 is 1.21 bits per heavy atom. The number of benzene rings is 1. The maximum Gasteiger partial charge on any atom is 0.259 e. The maximum atomic E-state index is 11.6. The van der Waals surface area contributed by atoms with E-state index in [2.05, 4.69) is 16.0 Å². The molecule has 100 valence electrons. The molecule has 1 aromatic rings. The number of piperidine rings is 1. The van der Waals surface area contributed by atoms with Crippen LogP contribution in [-0.2, 0) is 0 Å². The van der Waals surface area contributed by atoms with Crippen molar-refractivity contribution in [1.29, 1.82) is 0 Å². The summed E-state index contributed by atoms with van der Waals surface area (Å²) in [7, 11) is 0. The number of imide groups is 1. The lowest BCUT2D eigenvalue weighted by Gasteiger charge is -2.23. The molecule has 3 rings (SSSR count). The highest BCUT2D eigenvalue weighted by Crippen LogP contribution is 2.21. The fourth-order valence-electron chi connectivity index (χ4n) is 2.64. The molecule has 19 heavy (non-hydrogen) atoms. The predicted octanol–water partition coefficient (Wildman–Crippen LogP) is 0.982. The minimum absolute atomic E-state index is 0.303. The zero-order valence-electron chi connectivity index (χ0n) is 10.7. The molecule has 1 atom stereocenters. The van der Waals surface area contributed by atoms with Crippen molar-refractivity contribution in [3.63, 3.8) is 0 Å². The zero-order valence-corrected chi connectivity index (χ0v) is 10.7. The van der Waals surface area contributed by atoms with Crippen molar-refractivity contribution >= 4 is 17.5 Å². The van der Waals surface area contributed by atoms with Gasteiger partial charge < -0.3 is 10.6 Å². The number of hydrogen-bond donors (Lipinski definition) is 3. The van der Waals surface area contributed by atoms with Gasteiger partial charge in [-0.05, 0) is 50.0 Å². The molecular formula is C14H17N3O2. The van der Waals surface area contributed by atoms with E-state index in [1.807, 2.05) is 6.07 Å². The van der Waals surface area contributed by atoms with E-state index in [1.54, 1.807) is 12.1 Å². The Kier molecular flexibility index (Phi) is 3.21. The third kappa shape index (κ3) is 2.46. The first kappa shape index (κ1) is 12.2. The van der Waals surface area contributed by atoms with Crippen LogP contribution >= 0.6 is 0 Å². The molecular weight excluding hydrogens is 242 g/mol. The molecule has 0 aromatic heterocycles. The molecule has 1 aromatic carbocycles. The minimum atomic E-state index is -0.303. The van der Waals surface area contributed by atoms with Gasteiger partial charge >= 0.3 is 0 Å². The Balaban J connectivity index is 1.67. The first-order chi connectivity index (χ1) is 9.24. The summed E-state index contributed by atoms with van der Waals surface area (Å²) in [5, 5.41) is 9.02. The van der Waals surface area contributed by atoms with Gasteiger partial charge in [0.05, 0.1) is 11.1 Å². The number of fused-ring (bicyclic) bond motifs is 1. The molecule has 3 N–H and O–H groups in total. The normalized spacial score (nSPS) is 22.0. The van der Waals surface area contributed by atoms with Crippen LogP contribution in [0.15, 0.2) is 18.2 Å². The van der Waals surface area contributed by atoms with Gasteiger partial charge in [-0.25, -0.2) is 0 Å². The van der Waals surface area contributed by atoms with E-state index < -0.39 is 0 Å². The molecule has 1 fully saturated rings. The first-order valence-corrected chi connectivity index (χ1v) is 6.68. The van der Waals surface area contributed by atoms with Crippen LogP contribution in [0.25, 0.3) is 0 Å². The summed E-state index contributed by atoms with van der Waals surface area (Å²) in [5.74, 6) is 0.0171. The molecule has 5 nitrogen and oxygen atoms in total. The van der Waals surface area contributed by atoms with Gasteiger partial charge in [0.15, 0.2) is 0 Å². The van der Waals surface area contributed by atoms with Gasteiger partial charge in [0.2, 0.25) is 0 Å². The molecule has 0 radical (unpaired) electrons. The molecule has 2 aliphatic heterocycles. The van der Waals surface area contributed by atoms with Gasteiger partial charge in [0, 0.05) is 12.2 Å². The number of rotatable bonds is 3. The van der Waals surface area contributed by atoms with Crippen LogP contribution in [0, 0.1) is 5.92 Å². The lowest BCUT2D eigenvalue weighted by atomic mass is 9.99. The Morgan fingerprint density at radius 2 is 2.05 bits per heavy atom. The standard InChI is InChI=1S/C14H17N3O2/c18-13-11-4-3-10(6-12(11)14(19)17-13)16-8-9-2-1-5-15-7-9/h3-4,6,9,15-16H,1-2,5,7-8H2,(H,17,18,19). The van der Waals surface area contributed by atoms with Gasteiger partial charge in [0.25, 0.3) is 11.8 Å². The molecule has 0 bridgehead atoms. The van der Waals surface area contributed by atoms with Gasteiger partial charge in [-0.3, -0.25) is 14.9 Å². The largest absolute Gasteiger partial charge is 0.385 e. The van der Waals surface area contributed by atoms with Crippen LogP contribution in [0.4, 0.5) is 5.69 Å². The monoisotopic (exact) mass is 259 g/mol. The molecule has 0 saturated carbocycles. The molecule has 2 aliphatic rings. The van der Waals surface area contributed by atoms with Crippen LogP contribution in [0.3, 0.4) is 0 Å². The molecule has 2 amide bonds. The molecule has 0 aliphatic carbocycles. The van der Waals surface area contributed by atoms with Gasteiger partial charge in [-0.2, -0.15) is 0 Å². The second kappa shape index (κ2) is 5.01. The van der Waals surface area contributed by atoms with Gasteiger partial charge in [-0.1, -0.05) is 0 Å². The smallest absolute Gasteiger partial charge is 0.259 e. The van der Waals surface area contributed by atoms with Crippen molar-refractivity contribution in [2.24, 2.45) is 5.92 Å². The van der Waals surface area contributed by atoms with Crippen molar-refractivity contribution < 1.29 is 9.59 Å². The summed E-state index contributed by atoms with van der Waals surface area (Å²) >= 11 is 0. The summed E-state index contributed by atoms with van der Waals surface area (Å²) in [5.41, 5.74) is 1.83. The van der Waals surface area contributed by atoms with Crippen molar-refractivity contribution in [1.82, 2.24) is 10.6 Å². The van der Waals surface area contributed by atoms with Crippen LogP contribution < -0.4 is 16.0 Å². The van der Waals surface area contributed by atoms with Crippen molar-refractivity contribution in [3.05, 3.63) is 29.3 Å². The summed E-state index contributed by atoms with van der Waals surface area (Å²) in [6.45, 7) is 3.04. The summed E-state index contributed by atoms with van der Waals surface area (Å²) in [4.78, 5) is 23.0. The van der Waals surface area contributed by atoms with Crippen molar-refractivity contribution in [2.75, 3.05) is 25.0 Å². The Hall–Kier alpha value is -1.88. The van der Waals surface area contributed by atoms with E-state index in [0.717, 1.165) is 25.3 Å². The number of nitrogens with one attached hydrogen (secondary N) is 3. The average molecular weight is 259 g/mol. The van der Waals surface area contributed by atoms with E-state index in [4.69, 9.17) is 0 Å². The molecule has 1 saturated heterocycles. The van der Waals surface area contributed by atoms with E-state index in [1.165, 1.54) is 12.8 Å². The van der Waals surface area contributed by atoms with Gasteiger partial charge in [0.1, 0.15) is 0 Å². The summed E-state index contributed by atoms with van der Waals surface area (Å²) < 4.78 is 0. The average Bonchev–Trinajstić information content (AvgIpc) is 2.73. The van der Waals surface area contributed by atoms with E-state index in [-0.39, 0.29) is 11.8 Å². The number of amides is 2. The van der Waals surface area contributed by atoms with Crippen LogP contribution in [-0.4, -0.2) is 31.4 Å². The van der Waals surface area contributed by atoms with E-state index >= 15 is 0 Å². The Morgan fingerprint density at radius 3 is 2.84 bits per heavy atom. The number of anilines is 1. The van der Waals surface area contributed by atoms with Crippen LogP contribution in [0.5, 0.6) is 0 Å². The number of carbonyl (C=O) groups is 2. The second-order valence-corrected chi connectivity index (χ2v) is 5.14. The highest BCUT2D eigenvalue weighted by Gasteiger charge is 2.26. The lowest BCUT2D eigenvalue weighted by Crippen LogP contribution is -2.33. The fraction of sp³-hybridized carbons (Fsp3) is 0.429. The zero-order chi connectivity index (χ0) is 13.2. The molecule has 2 heterocycles. The quantitative estimate of drug-likeness (QED) is 0.708. The van der Waals surface area contributed by atoms with E-state index in [0.29, 0.717) is 17.0 Å². The fourth-order valence-corrected chi connectivity index (χ4v) is 2.64. The second-order valence-electron chi connectivity index (χ2n) is 5.14. The molecule has 1 unspecified atom stereocenters. The number of hydrogen-bond acceptors (Lipinski definition) is 4. The Bertz CT molecular complexity index is 521. The molecule has 0 spiro atoms. The van der Waals surface area contributed by atoms with Crippen LogP contribution in [0.1, 0.15) is 33.6 Å². The summed E-state index contributed by atoms with van der Waals surface area (Å²) in [6, 6.07) is 5.32. The van der Waals surface area contributed by atoms with Crippen LogP contribution in [0.2, 0.25) is 0 Å². The van der Waals surface area contributed by atoms with Crippen molar-refractivity contribution in [2.45, 2.75) is 12.8 Å². The highest BCUT2D eigenvalue weighted by atomic mass is 16.2. The first-order valence-electron chi connectivity index (χ1n) is 6.68. The lowest BCUT2D eigenvalue weighted by molar-refractivity contribution is 0.0879. The van der Waals surface area contributed by atoms with Crippen molar-refractivity contribution in [3.8, 4) is 0 Å². The minimum Gasteiger partial charge on any atom is -0.385 e. The van der Waals surface area contributed by atoms with E-state index in [9.17, 15) is 9.59 Å². The third-order valence-electron chi connectivity index (χ3n) is 3.73. The number of carbonyl (C=O) groups excluding carboxylic acids is 2. The Labute approximate surface area is 111 Å². The van der Waals surface area contributed by atoms with Gasteiger partial charge in [-0.15, -0.1) is 0 Å². The predicted molar refractivity (Wildman–Crippen MR) is 72.3 cm³/mol. The third-order valence-corrected chi connectivity index (χ3v) is 3.73. The summed E-state index contributed by atoms with van der Waals surface area (Å²) in [6.07, 6.45) is 2.44. The topological polar surface area (TPSA) is 70.2 Å². The molecule has 5 heteroatoms. The SMILES string of the molecule is O=C1NC(=O)c2cc(NCC3CCCNC3)ccc21.